The van der Waals surface area contributed by atoms with Gasteiger partial charge in [0, 0.05) is 12.6 Å². The molecular weight excluding hydrogens is 234 g/mol. The van der Waals surface area contributed by atoms with E-state index >= 15 is 0 Å². The maximum atomic E-state index is 11.5. The van der Waals surface area contributed by atoms with Gasteiger partial charge in [-0.05, 0) is 26.0 Å². The quantitative estimate of drug-likeness (QED) is 0.869. The zero-order valence-corrected chi connectivity index (χ0v) is 10.4. The summed E-state index contributed by atoms with van der Waals surface area (Å²) in [7, 11) is 0. The van der Waals surface area contributed by atoms with Gasteiger partial charge in [-0.1, -0.05) is 0 Å². The van der Waals surface area contributed by atoms with Gasteiger partial charge in [0.05, 0.1) is 5.56 Å². The third-order valence-electron chi connectivity index (χ3n) is 2.65. The van der Waals surface area contributed by atoms with E-state index in [-0.39, 0.29) is 18.3 Å². The number of carbonyl (C=O) groups is 2. The van der Waals surface area contributed by atoms with Crippen LogP contribution < -0.4 is 14.8 Å². The molecule has 1 aromatic carbocycles. The lowest BCUT2D eigenvalue weighted by Gasteiger charge is -2.14. The SMILES string of the molecule is CCNC(=O)C(C)Oc1ccc2c(c1)OCC2=O. The summed E-state index contributed by atoms with van der Waals surface area (Å²) < 4.78 is 10.7. The van der Waals surface area contributed by atoms with Crippen molar-refractivity contribution in [3.8, 4) is 11.5 Å². The lowest BCUT2D eigenvalue weighted by molar-refractivity contribution is -0.127. The lowest BCUT2D eigenvalue weighted by Crippen LogP contribution is -2.36. The number of hydrogen-bond acceptors (Lipinski definition) is 4. The summed E-state index contributed by atoms with van der Waals surface area (Å²) in [6.45, 7) is 4.16. The standard InChI is InChI=1S/C13H15NO4/c1-3-14-13(16)8(2)18-9-4-5-10-11(15)7-17-12(10)6-9/h4-6,8H,3,7H2,1-2H3,(H,14,16). The molecule has 5 heteroatoms. The molecule has 1 heterocycles. The summed E-state index contributed by atoms with van der Waals surface area (Å²) in [5.41, 5.74) is 0.563. The number of amides is 1. The van der Waals surface area contributed by atoms with Crippen molar-refractivity contribution in [3.05, 3.63) is 23.8 Å². The van der Waals surface area contributed by atoms with E-state index in [0.717, 1.165) is 0 Å². The average molecular weight is 249 g/mol. The van der Waals surface area contributed by atoms with Crippen molar-refractivity contribution in [2.45, 2.75) is 20.0 Å². The predicted molar refractivity (Wildman–Crippen MR) is 65.0 cm³/mol. The van der Waals surface area contributed by atoms with Gasteiger partial charge >= 0.3 is 0 Å². The van der Waals surface area contributed by atoms with Gasteiger partial charge in [-0.25, -0.2) is 0 Å². The number of Topliss-reactive ketones (excluding diaryl/α,β-unsaturated/α-hetero) is 1. The van der Waals surface area contributed by atoms with Gasteiger partial charge in [0.25, 0.3) is 5.91 Å². The Bertz CT molecular complexity index is 484. The number of ketones is 1. The molecule has 0 aliphatic carbocycles. The van der Waals surface area contributed by atoms with E-state index in [0.29, 0.717) is 23.6 Å². The van der Waals surface area contributed by atoms with Crippen molar-refractivity contribution in [3.63, 3.8) is 0 Å². The van der Waals surface area contributed by atoms with Gasteiger partial charge in [-0.2, -0.15) is 0 Å². The van der Waals surface area contributed by atoms with Crippen LogP contribution in [0.5, 0.6) is 11.5 Å². The molecule has 1 unspecified atom stereocenters. The van der Waals surface area contributed by atoms with E-state index in [2.05, 4.69) is 5.32 Å². The number of hydrogen-bond donors (Lipinski definition) is 1. The number of carbonyl (C=O) groups excluding carboxylic acids is 2. The fraction of sp³-hybridized carbons (Fsp3) is 0.385. The smallest absolute Gasteiger partial charge is 0.260 e. The Morgan fingerprint density at radius 2 is 2.33 bits per heavy atom. The number of nitrogens with one attached hydrogen (secondary N) is 1. The Labute approximate surface area is 105 Å². The van der Waals surface area contributed by atoms with E-state index in [1.807, 2.05) is 6.92 Å². The molecule has 1 amide bonds. The fourth-order valence-electron chi connectivity index (χ4n) is 1.72. The molecule has 0 aromatic heterocycles. The average Bonchev–Trinajstić information content (AvgIpc) is 2.71. The van der Waals surface area contributed by atoms with Crippen LogP contribution in [-0.4, -0.2) is 30.9 Å². The highest BCUT2D eigenvalue weighted by Crippen LogP contribution is 2.29. The molecule has 0 spiro atoms. The van der Waals surface area contributed by atoms with Crippen molar-refractivity contribution >= 4 is 11.7 Å². The van der Waals surface area contributed by atoms with Gasteiger partial charge in [0.15, 0.2) is 12.7 Å². The van der Waals surface area contributed by atoms with E-state index in [1.165, 1.54) is 0 Å². The molecule has 1 aromatic rings. The van der Waals surface area contributed by atoms with Crippen LogP contribution in [0.1, 0.15) is 24.2 Å². The zero-order chi connectivity index (χ0) is 13.1. The Morgan fingerprint density at radius 1 is 1.56 bits per heavy atom. The minimum atomic E-state index is -0.583. The summed E-state index contributed by atoms with van der Waals surface area (Å²) in [6, 6.07) is 4.96. The molecule has 0 radical (unpaired) electrons. The maximum absolute atomic E-state index is 11.5. The second-order valence-corrected chi connectivity index (χ2v) is 4.02. The number of ether oxygens (including phenoxy) is 2. The number of likely N-dealkylation sites (N-methyl/N-ethyl adjacent to an activating group) is 1. The first-order valence-electron chi connectivity index (χ1n) is 5.86. The van der Waals surface area contributed by atoms with Crippen LogP contribution in [-0.2, 0) is 4.79 Å². The molecule has 1 aliphatic heterocycles. The van der Waals surface area contributed by atoms with Gasteiger partial charge in [0.1, 0.15) is 11.5 Å². The number of benzene rings is 1. The van der Waals surface area contributed by atoms with Crippen molar-refractivity contribution in [1.82, 2.24) is 5.32 Å². The minimum Gasteiger partial charge on any atom is -0.485 e. The van der Waals surface area contributed by atoms with Crippen LogP contribution in [0.15, 0.2) is 18.2 Å². The first kappa shape index (κ1) is 12.4. The van der Waals surface area contributed by atoms with E-state index < -0.39 is 6.10 Å². The van der Waals surface area contributed by atoms with Crippen molar-refractivity contribution < 1.29 is 19.1 Å². The molecule has 96 valence electrons. The largest absolute Gasteiger partial charge is 0.485 e. The van der Waals surface area contributed by atoms with Crippen molar-refractivity contribution in [1.29, 1.82) is 0 Å². The molecule has 18 heavy (non-hydrogen) atoms. The van der Waals surface area contributed by atoms with Crippen LogP contribution in [0.2, 0.25) is 0 Å². The van der Waals surface area contributed by atoms with Crippen molar-refractivity contribution in [2.24, 2.45) is 0 Å². The van der Waals surface area contributed by atoms with Gasteiger partial charge < -0.3 is 14.8 Å². The second kappa shape index (κ2) is 5.08. The van der Waals surface area contributed by atoms with Crippen molar-refractivity contribution in [2.75, 3.05) is 13.2 Å². The Hall–Kier alpha value is -2.04. The molecule has 0 saturated heterocycles. The van der Waals surface area contributed by atoms with E-state index in [9.17, 15) is 9.59 Å². The molecule has 2 rings (SSSR count). The topological polar surface area (TPSA) is 64.6 Å². The Kier molecular flexibility index (Phi) is 3.50. The van der Waals surface area contributed by atoms with Gasteiger partial charge in [-0.15, -0.1) is 0 Å². The summed E-state index contributed by atoms with van der Waals surface area (Å²) in [5.74, 6) is 0.825. The van der Waals surface area contributed by atoms with E-state index in [1.54, 1.807) is 25.1 Å². The van der Waals surface area contributed by atoms with Crippen LogP contribution in [0.25, 0.3) is 0 Å². The van der Waals surface area contributed by atoms with Crippen LogP contribution >= 0.6 is 0 Å². The molecule has 5 nitrogen and oxygen atoms in total. The number of fused-ring (bicyclic) bond motifs is 1. The molecular formula is C13H15NO4. The molecule has 1 N–H and O–H groups in total. The zero-order valence-electron chi connectivity index (χ0n) is 10.4. The highest BCUT2D eigenvalue weighted by molar-refractivity contribution is 6.02. The maximum Gasteiger partial charge on any atom is 0.260 e. The van der Waals surface area contributed by atoms with Gasteiger partial charge in [-0.3, -0.25) is 9.59 Å². The molecule has 0 saturated carbocycles. The van der Waals surface area contributed by atoms with Crippen LogP contribution in [0.3, 0.4) is 0 Å². The molecule has 1 aliphatic rings. The molecule has 0 bridgehead atoms. The predicted octanol–water partition coefficient (Wildman–Crippen LogP) is 1.17. The van der Waals surface area contributed by atoms with Gasteiger partial charge in [0.2, 0.25) is 5.78 Å². The molecule has 1 atom stereocenters. The first-order valence-corrected chi connectivity index (χ1v) is 5.86. The first-order chi connectivity index (χ1) is 8.61. The Morgan fingerprint density at radius 3 is 3.06 bits per heavy atom. The normalized spacial score (nSPS) is 14.7. The fourth-order valence-corrected chi connectivity index (χ4v) is 1.72. The minimum absolute atomic E-state index is 0.0340. The Balaban J connectivity index is 2.07. The third kappa shape index (κ3) is 2.45. The number of rotatable bonds is 4. The lowest BCUT2D eigenvalue weighted by atomic mass is 10.1. The van der Waals surface area contributed by atoms with Crippen LogP contribution in [0.4, 0.5) is 0 Å². The summed E-state index contributed by atoms with van der Waals surface area (Å²) in [6.07, 6.45) is -0.583. The highest BCUT2D eigenvalue weighted by Gasteiger charge is 2.22. The third-order valence-corrected chi connectivity index (χ3v) is 2.65. The highest BCUT2D eigenvalue weighted by atomic mass is 16.5. The van der Waals surface area contributed by atoms with E-state index in [4.69, 9.17) is 9.47 Å². The summed E-state index contributed by atoms with van der Waals surface area (Å²) in [4.78, 5) is 22.9. The molecule has 0 fully saturated rings. The second-order valence-electron chi connectivity index (χ2n) is 4.02. The summed E-state index contributed by atoms with van der Waals surface area (Å²) in [5, 5.41) is 2.68. The summed E-state index contributed by atoms with van der Waals surface area (Å²) >= 11 is 0. The monoisotopic (exact) mass is 249 g/mol. The van der Waals surface area contributed by atoms with Crippen LogP contribution in [0, 0.1) is 0 Å².